The van der Waals surface area contributed by atoms with E-state index in [0.717, 1.165) is 0 Å². The maximum atomic E-state index is 11.8. The van der Waals surface area contributed by atoms with Gasteiger partial charge in [0.25, 0.3) is 5.91 Å². The molecule has 1 amide bonds. The van der Waals surface area contributed by atoms with Gasteiger partial charge in [0.2, 0.25) is 0 Å². The van der Waals surface area contributed by atoms with Gasteiger partial charge in [-0.1, -0.05) is 0 Å². The maximum absolute atomic E-state index is 11.8. The minimum atomic E-state index is -2.82. The third-order valence-corrected chi connectivity index (χ3v) is 4.52. The SMILES string of the molecule is CP(O)(=S)OC[C@H]1O[C@@H](n2cnc3c2NC(N)NC3=O)C[C@@H]1O. The molecule has 1 aromatic rings. The fourth-order valence-electron chi connectivity index (χ4n) is 2.53. The number of aromatic nitrogens is 2. The monoisotopic (exact) mass is 363 g/mol. The number of nitrogens with zero attached hydrogens (tertiary/aromatic N) is 2. The zero-order valence-electron chi connectivity index (χ0n) is 12.2. The van der Waals surface area contributed by atoms with Crippen molar-refractivity contribution in [3.63, 3.8) is 0 Å². The average Bonchev–Trinajstić information content (AvgIpc) is 2.99. The molecule has 10 nitrogen and oxygen atoms in total. The lowest BCUT2D eigenvalue weighted by Crippen LogP contribution is -2.51. The van der Waals surface area contributed by atoms with Gasteiger partial charge >= 0.3 is 0 Å². The van der Waals surface area contributed by atoms with Gasteiger partial charge in [-0.2, -0.15) is 0 Å². The predicted molar refractivity (Wildman–Crippen MR) is 84.2 cm³/mol. The van der Waals surface area contributed by atoms with Gasteiger partial charge < -0.3 is 29.9 Å². The van der Waals surface area contributed by atoms with Crippen LogP contribution in [0.1, 0.15) is 23.1 Å². The summed E-state index contributed by atoms with van der Waals surface area (Å²) >= 11 is 4.80. The second kappa shape index (κ2) is 6.10. The van der Waals surface area contributed by atoms with Crippen LogP contribution in [0.15, 0.2) is 6.33 Å². The van der Waals surface area contributed by atoms with Gasteiger partial charge in [0.15, 0.2) is 18.5 Å². The number of ether oxygens (including phenoxy) is 1. The van der Waals surface area contributed by atoms with E-state index < -0.39 is 31.2 Å². The molecule has 12 heteroatoms. The van der Waals surface area contributed by atoms with Gasteiger partial charge in [0.1, 0.15) is 18.1 Å². The van der Waals surface area contributed by atoms with Gasteiger partial charge in [-0.05, 0) is 11.8 Å². The van der Waals surface area contributed by atoms with E-state index in [0.29, 0.717) is 5.82 Å². The average molecular weight is 363 g/mol. The summed E-state index contributed by atoms with van der Waals surface area (Å²) in [6.07, 6.45) is -0.936. The number of hydrogen-bond acceptors (Lipinski definition) is 8. The van der Waals surface area contributed by atoms with Crippen molar-refractivity contribution in [3.8, 4) is 0 Å². The third kappa shape index (κ3) is 3.56. The fourth-order valence-corrected chi connectivity index (χ4v) is 3.14. The van der Waals surface area contributed by atoms with Gasteiger partial charge in [-0.3, -0.25) is 15.1 Å². The van der Waals surface area contributed by atoms with Gasteiger partial charge in [-0.25, -0.2) is 4.98 Å². The minimum Gasteiger partial charge on any atom is -0.390 e. The number of anilines is 1. The first-order valence-electron chi connectivity index (χ1n) is 6.93. The molecule has 3 rings (SSSR count). The van der Waals surface area contributed by atoms with E-state index in [9.17, 15) is 14.8 Å². The van der Waals surface area contributed by atoms with Crippen LogP contribution in [0.3, 0.4) is 0 Å². The van der Waals surface area contributed by atoms with Crippen molar-refractivity contribution in [3.05, 3.63) is 12.0 Å². The van der Waals surface area contributed by atoms with E-state index in [4.69, 9.17) is 26.8 Å². The minimum absolute atomic E-state index is 0.00768. The number of amides is 1. The van der Waals surface area contributed by atoms with Crippen LogP contribution in [-0.4, -0.2) is 57.2 Å². The summed E-state index contributed by atoms with van der Waals surface area (Å²) in [4.78, 5) is 25.4. The van der Waals surface area contributed by atoms with Crippen molar-refractivity contribution in [1.82, 2.24) is 14.9 Å². The van der Waals surface area contributed by atoms with Crippen LogP contribution in [0.2, 0.25) is 0 Å². The molecule has 23 heavy (non-hydrogen) atoms. The molecule has 0 saturated carbocycles. The van der Waals surface area contributed by atoms with Gasteiger partial charge in [0, 0.05) is 13.1 Å². The third-order valence-electron chi connectivity index (χ3n) is 3.58. The molecule has 1 saturated heterocycles. The molecule has 6 N–H and O–H groups in total. The number of carbonyl (C=O) groups excluding carboxylic acids is 1. The Morgan fingerprint density at radius 2 is 2.39 bits per heavy atom. The molecule has 0 spiro atoms. The lowest BCUT2D eigenvalue weighted by atomic mass is 10.2. The van der Waals surface area contributed by atoms with E-state index in [1.54, 1.807) is 4.57 Å². The smallest absolute Gasteiger partial charge is 0.276 e. The van der Waals surface area contributed by atoms with Gasteiger partial charge in [-0.15, -0.1) is 0 Å². The molecule has 2 aliphatic rings. The first-order chi connectivity index (χ1) is 10.7. The number of aliphatic hydroxyl groups is 1. The summed E-state index contributed by atoms with van der Waals surface area (Å²) in [6.45, 7) is -1.40. The summed E-state index contributed by atoms with van der Waals surface area (Å²) in [5.74, 6) is 0.0539. The Morgan fingerprint density at radius 3 is 3.09 bits per heavy atom. The van der Waals surface area contributed by atoms with Crippen LogP contribution in [0, 0.1) is 0 Å². The Hall–Kier alpha value is -1.07. The van der Waals surface area contributed by atoms with Crippen molar-refractivity contribution in [2.24, 2.45) is 5.73 Å². The molecular formula is C11H18N5O5PS. The number of hydrogen-bond donors (Lipinski definition) is 5. The van der Waals surface area contributed by atoms with E-state index in [1.165, 1.54) is 13.0 Å². The lowest BCUT2D eigenvalue weighted by molar-refractivity contribution is -0.0384. The quantitative estimate of drug-likeness (QED) is 0.420. The zero-order valence-corrected chi connectivity index (χ0v) is 14.0. The highest BCUT2D eigenvalue weighted by Crippen LogP contribution is 2.39. The van der Waals surface area contributed by atoms with Crippen LogP contribution in [-0.2, 0) is 21.1 Å². The van der Waals surface area contributed by atoms with Crippen molar-refractivity contribution >= 4 is 30.0 Å². The summed E-state index contributed by atoms with van der Waals surface area (Å²) in [7, 11) is 0. The fraction of sp³-hybridized carbons (Fsp3) is 0.636. The predicted octanol–water partition coefficient (Wildman–Crippen LogP) is -1.12. The molecule has 1 aromatic heterocycles. The molecular weight excluding hydrogens is 345 g/mol. The largest absolute Gasteiger partial charge is 0.390 e. The Kier molecular flexibility index (Phi) is 4.45. The highest BCUT2D eigenvalue weighted by Gasteiger charge is 2.38. The van der Waals surface area contributed by atoms with E-state index in [1.807, 2.05) is 0 Å². The number of fused-ring (bicyclic) bond motifs is 1. The van der Waals surface area contributed by atoms with Crippen molar-refractivity contribution in [2.75, 3.05) is 18.6 Å². The molecule has 2 aliphatic heterocycles. The Labute approximate surface area is 137 Å². The Balaban J connectivity index is 1.74. The molecule has 3 heterocycles. The van der Waals surface area contributed by atoms with Crippen LogP contribution in [0.25, 0.3) is 0 Å². The molecule has 128 valence electrons. The molecule has 0 aromatic carbocycles. The molecule has 0 bridgehead atoms. The van der Waals surface area contributed by atoms with Gasteiger partial charge in [0.05, 0.1) is 19.0 Å². The maximum Gasteiger partial charge on any atom is 0.276 e. The number of nitrogens with two attached hydrogens (primary N) is 1. The number of carbonyl (C=O) groups is 1. The number of nitrogens with one attached hydrogen (secondary N) is 2. The number of rotatable bonds is 4. The van der Waals surface area contributed by atoms with Crippen molar-refractivity contribution in [1.29, 1.82) is 0 Å². The second-order valence-corrected chi connectivity index (χ2v) is 9.37. The normalized spacial score (nSPS) is 32.8. The summed E-state index contributed by atoms with van der Waals surface area (Å²) in [5, 5.41) is 15.5. The first kappa shape index (κ1) is 16.8. The zero-order chi connectivity index (χ0) is 16.8. The van der Waals surface area contributed by atoms with Crippen LogP contribution in [0.5, 0.6) is 0 Å². The Morgan fingerprint density at radius 1 is 1.65 bits per heavy atom. The summed E-state index contributed by atoms with van der Waals surface area (Å²) in [6, 6.07) is 0. The highest BCUT2D eigenvalue weighted by atomic mass is 32.5. The molecule has 1 fully saturated rings. The lowest BCUT2D eigenvalue weighted by Gasteiger charge is -2.25. The Bertz CT molecular complexity index is 663. The molecule has 0 radical (unpaired) electrons. The van der Waals surface area contributed by atoms with Crippen molar-refractivity contribution < 1.29 is 24.1 Å². The topological polar surface area (TPSA) is 144 Å². The first-order valence-corrected chi connectivity index (χ1v) is 10.0. The van der Waals surface area contributed by atoms with Crippen LogP contribution >= 0.6 is 6.49 Å². The molecule has 2 unspecified atom stereocenters. The van der Waals surface area contributed by atoms with E-state index in [-0.39, 0.29) is 24.6 Å². The summed E-state index contributed by atoms with van der Waals surface area (Å²) in [5.41, 5.74) is 5.90. The van der Waals surface area contributed by atoms with E-state index in [2.05, 4.69) is 15.6 Å². The summed E-state index contributed by atoms with van der Waals surface area (Å²) < 4.78 is 12.5. The van der Waals surface area contributed by atoms with Crippen LogP contribution in [0.4, 0.5) is 5.82 Å². The van der Waals surface area contributed by atoms with Crippen LogP contribution < -0.4 is 16.4 Å². The number of imidazole rings is 1. The molecule has 0 aliphatic carbocycles. The molecule has 5 atom stereocenters. The van der Waals surface area contributed by atoms with E-state index >= 15 is 0 Å². The van der Waals surface area contributed by atoms with Crippen molar-refractivity contribution in [2.45, 2.75) is 31.1 Å². The second-order valence-electron chi connectivity index (χ2n) is 5.48. The number of aliphatic hydroxyl groups excluding tert-OH is 1. The standard InChI is InChI=1S/C11H18N5O5PS/c1-22(19,23)20-3-6-5(17)2-7(21-6)16-4-13-8-9(16)14-11(12)15-10(8)18/h4-7,11,14,17H,2-3,12H2,1H3,(H,15,18)(H,19,23)/t5-,6+,7+,11?,22?/m0/s1. The highest BCUT2D eigenvalue weighted by molar-refractivity contribution is 8.09.